The van der Waals surface area contributed by atoms with E-state index in [1.54, 1.807) is 31.2 Å². The van der Waals surface area contributed by atoms with E-state index in [1.807, 2.05) is 0 Å². The molecule has 0 saturated heterocycles. The van der Waals surface area contributed by atoms with Crippen LogP contribution in [0, 0.1) is 12.7 Å². The van der Waals surface area contributed by atoms with Crippen LogP contribution < -0.4 is 0 Å². The van der Waals surface area contributed by atoms with Gasteiger partial charge in [0.05, 0.1) is 0 Å². The van der Waals surface area contributed by atoms with Crippen LogP contribution in [0.4, 0.5) is 4.39 Å². The average molecular weight is 252 g/mol. The Bertz CT molecular complexity index is 545. The van der Waals surface area contributed by atoms with E-state index in [9.17, 15) is 9.50 Å². The van der Waals surface area contributed by atoms with Crippen LogP contribution in [0.3, 0.4) is 0 Å². The minimum absolute atomic E-state index is 0.300. The van der Waals surface area contributed by atoms with E-state index in [-0.39, 0.29) is 5.82 Å². The van der Waals surface area contributed by atoms with Gasteiger partial charge in [-0.25, -0.2) is 9.37 Å². The summed E-state index contributed by atoms with van der Waals surface area (Å²) in [5, 5.41) is 10.4. The highest BCUT2D eigenvalue weighted by Crippen LogP contribution is 2.24. The number of aryl methyl sites for hydroxylation is 1. The van der Waals surface area contributed by atoms with Gasteiger partial charge in [-0.15, -0.1) is 0 Å². The zero-order valence-electron chi connectivity index (χ0n) is 9.19. The molecular formula is C13H11ClFNO. The van der Waals surface area contributed by atoms with Crippen LogP contribution in [0.1, 0.15) is 22.8 Å². The molecular weight excluding hydrogens is 241 g/mol. The van der Waals surface area contributed by atoms with Gasteiger partial charge in [0.15, 0.2) is 0 Å². The van der Waals surface area contributed by atoms with Gasteiger partial charge in [-0.2, -0.15) is 0 Å². The zero-order valence-corrected chi connectivity index (χ0v) is 9.95. The van der Waals surface area contributed by atoms with Crippen molar-refractivity contribution in [3.63, 3.8) is 0 Å². The van der Waals surface area contributed by atoms with E-state index in [0.29, 0.717) is 21.8 Å². The molecule has 0 amide bonds. The van der Waals surface area contributed by atoms with E-state index in [4.69, 9.17) is 11.6 Å². The molecule has 88 valence electrons. The number of aliphatic hydroxyl groups is 1. The molecule has 0 saturated carbocycles. The number of benzene rings is 1. The molecule has 1 heterocycles. The third-order valence-electron chi connectivity index (χ3n) is 2.58. The van der Waals surface area contributed by atoms with Gasteiger partial charge in [-0.3, -0.25) is 0 Å². The maximum absolute atomic E-state index is 13.4. The summed E-state index contributed by atoms with van der Waals surface area (Å²) in [7, 11) is 0. The smallest absolute Gasteiger partial charge is 0.129 e. The molecule has 1 unspecified atom stereocenters. The number of aromatic nitrogens is 1. The van der Waals surface area contributed by atoms with E-state index in [2.05, 4.69) is 4.98 Å². The normalized spacial score (nSPS) is 12.5. The second-order valence-corrected chi connectivity index (χ2v) is 4.21. The number of rotatable bonds is 2. The number of nitrogens with zero attached hydrogens (tertiary/aromatic N) is 1. The van der Waals surface area contributed by atoms with Crippen LogP contribution in [-0.2, 0) is 0 Å². The van der Waals surface area contributed by atoms with E-state index in [0.717, 1.165) is 0 Å². The lowest BCUT2D eigenvalue weighted by atomic mass is 10.0. The van der Waals surface area contributed by atoms with Gasteiger partial charge in [0, 0.05) is 6.20 Å². The van der Waals surface area contributed by atoms with Crippen LogP contribution in [-0.4, -0.2) is 10.1 Å². The first kappa shape index (κ1) is 12.0. The molecule has 0 radical (unpaired) electrons. The van der Waals surface area contributed by atoms with Gasteiger partial charge in [0.2, 0.25) is 0 Å². The third kappa shape index (κ3) is 2.62. The van der Waals surface area contributed by atoms with Gasteiger partial charge in [0.1, 0.15) is 17.1 Å². The SMILES string of the molecule is Cc1ccc(C(O)c2ccnc(Cl)c2)cc1F. The fraction of sp³-hybridized carbons (Fsp3) is 0.154. The van der Waals surface area contributed by atoms with Crippen molar-refractivity contribution in [3.8, 4) is 0 Å². The summed E-state index contributed by atoms with van der Waals surface area (Å²) in [6.45, 7) is 1.68. The summed E-state index contributed by atoms with van der Waals surface area (Å²) in [4.78, 5) is 3.83. The molecule has 0 aliphatic carbocycles. The summed E-state index contributed by atoms with van der Waals surface area (Å²) >= 11 is 5.74. The Morgan fingerprint density at radius 2 is 1.94 bits per heavy atom. The molecule has 0 spiro atoms. The summed E-state index contributed by atoms with van der Waals surface area (Å²) in [6, 6.07) is 7.86. The highest BCUT2D eigenvalue weighted by atomic mass is 35.5. The number of halogens is 2. The Balaban J connectivity index is 2.36. The second kappa shape index (κ2) is 4.82. The molecule has 17 heavy (non-hydrogen) atoms. The maximum Gasteiger partial charge on any atom is 0.129 e. The molecule has 4 heteroatoms. The Kier molecular flexibility index (Phi) is 3.41. The van der Waals surface area contributed by atoms with Crippen LogP contribution in [0.15, 0.2) is 36.5 Å². The van der Waals surface area contributed by atoms with Crippen molar-refractivity contribution in [2.45, 2.75) is 13.0 Å². The Labute approximate surface area is 104 Å². The maximum atomic E-state index is 13.4. The largest absolute Gasteiger partial charge is 0.384 e. The van der Waals surface area contributed by atoms with Crippen molar-refractivity contribution in [1.29, 1.82) is 0 Å². The zero-order chi connectivity index (χ0) is 12.4. The van der Waals surface area contributed by atoms with Crippen LogP contribution in [0.5, 0.6) is 0 Å². The molecule has 1 aromatic carbocycles. The monoisotopic (exact) mass is 251 g/mol. The highest BCUT2D eigenvalue weighted by Gasteiger charge is 2.12. The van der Waals surface area contributed by atoms with E-state index in [1.165, 1.54) is 12.3 Å². The van der Waals surface area contributed by atoms with Crippen molar-refractivity contribution < 1.29 is 9.50 Å². The molecule has 1 aromatic heterocycles. The molecule has 2 rings (SSSR count). The fourth-order valence-electron chi connectivity index (χ4n) is 1.56. The summed E-state index contributed by atoms with van der Waals surface area (Å²) in [5.41, 5.74) is 1.64. The number of pyridine rings is 1. The topological polar surface area (TPSA) is 33.1 Å². The lowest BCUT2D eigenvalue weighted by Crippen LogP contribution is -2.01. The number of hydrogen-bond acceptors (Lipinski definition) is 2. The Morgan fingerprint density at radius 3 is 2.59 bits per heavy atom. The van der Waals surface area contributed by atoms with Gasteiger partial charge in [0.25, 0.3) is 0 Å². The van der Waals surface area contributed by atoms with Gasteiger partial charge >= 0.3 is 0 Å². The number of aliphatic hydroxyl groups excluding tert-OH is 1. The van der Waals surface area contributed by atoms with Crippen molar-refractivity contribution in [2.75, 3.05) is 0 Å². The standard InChI is InChI=1S/C13H11ClFNO/c1-8-2-3-9(6-11(8)15)13(17)10-4-5-16-12(14)7-10/h2-7,13,17H,1H3. The van der Waals surface area contributed by atoms with E-state index < -0.39 is 6.10 Å². The highest BCUT2D eigenvalue weighted by molar-refractivity contribution is 6.29. The van der Waals surface area contributed by atoms with Crippen LogP contribution in [0.2, 0.25) is 5.15 Å². The van der Waals surface area contributed by atoms with Gasteiger partial charge in [-0.05, 0) is 41.8 Å². The number of hydrogen-bond donors (Lipinski definition) is 1. The van der Waals surface area contributed by atoms with Gasteiger partial charge in [-0.1, -0.05) is 23.7 Å². The minimum Gasteiger partial charge on any atom is -0.384 e. The Hall–Kier alpha value is -1.45. The van der Waals surface area contributed by atoms with Crippen molar-refractivity contribution >= 4 is 11.6 Å². The lowest BCUT2D eigenvalue weighted by Gasteiger charge is -2.12. The quantitative estimate of drug-likeness (QED) is 0.831. The first-order valence-electron chi connectivity index (χ1n) is 5.13. The van der Waals surface area contributed by atoms with Crippen LogP contribution >= 0.6 is 11.6 Å². The molecule has 2 nitrogen and oxygen atoms in total. The van der Waals surface area contributed by atoms with Crippen molar-refractivity contribution in [3.05, 3.63) is 64.2 Å². The molecule has 1 atom stereocenters. The summed E-state index contributed by atoms with van der Waals surface area (Å²) in [5.74, 6) is -0.332. The second-order valence-electron chi connectivity index (χ2n) is 3.82. The van der Waals surface area contributed by atoms with E-state index >= 15 is 0 Å². The fourth-order valence-corrected chi connectivity index (χ4v) is 1.74. The van der Waals surface area contributed by atoms with Crippen molar-refractivity contribution in [2.24, 2.45) is 0 Å². The molecule has 1 N–H and O–H groups in total. The first-order chi connectivity index (χ1) is 8.08. The summed E-state index contributed by atoms with van der Waals surface area (Å²) in [6.07, 6.45) is 0.608. The van der Waals surface area contributed by atoms with Gasteiger partial charge < -0.3 is 5.11 Å². The average Bonchev–Trinajstić information content (AvgIpc) is 2.32. The van der Waals surface area contributed by atoms with Crippen LogP contribution in [0.25, 0.3) is 0 Å². The Morgan fingerprint density at radius 1 is 1.24 bits per heavy atom. The van der Waals surface area contributed by atoms with Crippen molar-refractivity contribution in [1.82, 2.24) is 4.98 Å². The predicted molar refractivity (Wildman–Crippen MR) is 64.4 cm³/mol. The molecule has 0 bridgehead atoms. The third-order valence-corrected chi connectivity index (χ3v) is 2.78. The minimum atomic E-state index is -0.898. The predicted octanol–water partition coefficient (Wildman–Crippen LogP) is 3.26. The first-order valence-corrected chi connectivity index (χ1v) is 5.51. The molecule has 0 aliphatic rings. The molecule has 0 aliphatic heterocycles. The molecule has 0 fully saturated rings. The molecule has 2 aromatic rings. The summed E-state index contributed by atoms with van der Waals surface area (Å²) < 4.78 is 13.4. The lowest BCUT2D eigenvalue weighted by molar-refractivity contribution is 0.219.